The number of ether oxygens (including phenoxy) is 1. The molecule has 0 spiro atoms. The lowest BCUT2D eigenvalue weighted by Gasteiger charge is -2.37. The van der Waals surface area contributed by atoms with Gasteiger partial charge in [0.25, 0.3) is 0 Å². The summed E-state index contributed by atoms with van der Waals surface area (Å²) in [5, 5.41) is 3.21. The molecule has 0 bridgehead atoms. The van der Waals surface area contributed by atoms with E-state index in [4.69, 9.17) is 4.74 Å². The van der Waals surface area contributed by atoms with E-state index in [2.05, 4.69) is 11.4 Å². The molecule has 1 amide bonds. The second kappa shape index (κ2) is 6.84. The quantitative estimate of drug-likeness (QED) is 0.912. The fourth-order valence-electron chi connectivity index (χ4n) is 3.71. The maximum atomic E-state index is 13.4. The molecule has 0 saturated carbocycles. The topological polar surface area (TPSA) is 41.6 Å². The second-order valence-corrected chi connectivity index (χ2v) is 6.59. The number of halogens is 1. The zero-order valence-corrected chi connectivity index (χ0v) is 14.0. The third kappa shape index (κ3) is 3.24. The van der Waals surface area contributed by atoms with Crippen molar-refractivity contribution in [1.29, 1.82) is 0 Å². The van der Waals surface area contributed by atoms with Gasteiger partial charge in [-0.1, -0.05) is 36.4 Å². The van der Waals surface area contributed by atoms with Crippen molar-refractivity contribution in [3.63, 3.8) is 0 Å². The lowest BCUT2D eigenvalue weighted by Crippen LogP contribution is -2.42. The number of benzene rings is 2. The van der Waals surface area contributed by atoms with Crippen LogP contribution >= 0.6 is 0 Å². The maximum absolute atomic E-state index is 13.4. The van der Waals surface area contributed by atoms with E-state index in [1.165, 1.54) is 17.7 Å². The average molecular weight is 340 g/mol. The van der Waals surface area contributed by atoms with Crippen LogP contribution in [0.4, 0.5) is 9.18 Å². The van der Waals surface area contributed by atoms with E-state index >= 15 is 0 Å². The molecule has 1 fully saturated rings. The molecular formula is C20H21FN2O2. The summed E-state index contributed by atoms with van der Waals surface area (Å²) in [6.07, 6.45) is 1.28. The summed E-state index contributed by atoms with van der Waals surface area (Å²) in [4.78, 5) is 14.6. The highest BCUT2D eigenvalue weighted by Crippen LogP contribution is 2.35. The first-order valence-electron chi connectivity index (χ1n) is 8.73. The number of carbonyl (C=O) groups excluding carboxylic acids is 1. The molecule has 25 heavy (non-hydrogen) atoms. The molecule has 4 nitrogen and oxygen atoms in total. The Hall–Kier alpha value is -2.40. The lowest BCUT2D eigenvalue weighted by atomic mass is 9.88. The van der Waals surface area contributed by atoms with Crippen LogP contribution in [-0.2, 0) is 11.2 Å². The molecule has 1 N–H and O–H groups in total. The van der Waals surface area contributed by atoms with Gasteiger partial charge >= 0.3 is 6.09 Å². The van der Waals surface area contributed by atoms with Crippen LogP contribution in [0.3, 0.4) is 0 Å². The predicted octanol–water partition coefficient (Wildman–Crippen LogP) is 3.27. The van der Waals surface area contributed by atoms with Crippen LogP contribution in [-0.4, -0.2) is 36.7 Å². The monoisotopic (exact) mass is 340 g/mol. The van der Waals surface area contributed by atoms with Gasteiger partial charge in [-0.3, -0.25) is 4.90 Å². The molecule has 2 heterocycles. The van der Waals surface area contributed by atoms with Crippen molar-refractivity contribution in [2.75, 3.05) is 19.6 Å². The highest BCUT2D eigenvalue weighted by Gasteiger charge is 2.34. The van der Waals surface area contributed by atoms with Crippen molar-refractivity contribution < 1.29 is 13.9 Å². The molecular weight excluding hydrogens is 319 g/mol. The highest BCUT2D eigenvalue weighted by atomic mass is 19.1. The zero-order chi connectivity index (χ0) is 17.2. The van der Waals surface area contributed by atoms with E-state index in [9.17, 15) is 9.18 Å². The third-order valence-electron chi connectivity index (χ3n) is 4.99. The minimum Gasteiger partial charge on any atom is -0.445 e. The van der Waals surface area contributed by atoms with E-state index < -0.39 is 0 Å². The molecule has 0 radical (unpaired) electrons. The van der Waals surface area contributed by atoms with Crippen LogP contribution in [0.15, 0.2) is 48.5 Å². The number of rotatable bonds is 2. The Morgan fingerprint density at radius 1 is 1.16 bits per heavy atom. The number of hydrogen-bond donors (Lipinski definition) is 1. The summed E-state index contributed by atoms with van der Waals surface area (Å²) in [5.41, 5.74) is 3.21. The molecule has 130 valence electrons. The van der Waals surface area contributed by atoms with Gasteiger partial charge in [0, 0.05) is 13.1 Å². The molecule has 0 aliphatic carbocycles. The van der Waals surface area contributed by atoms with Gasteiger partial charge in [0.1, 0.15) is 11.9 Å². The minimum absolute atomic E-state index is 0.0708. The number of fused-ring (bicyclic) bond motifs is 1. The average Bonchev–Trinajstić information content (AvgIpc) is 3.14. The summed E-state index contributed by atoms with van der Waals surface area (Å²) >= 11 is 0. The van der Waals surface area contributed by atoms with Crippen molar-refractivity contribution in [2.24, 2.45) is 0 Å². The Labute approximate surface area is 146 Å². The standard InChI is InChI=1S/C20H21FN2O2/c21-16-7-5-15(6-8-16)19-18-4-2-1-3-14(18)10-12-23(19)20(24)25-17-9-11-22-13-17/h1-8,17,19,22H,9-13H2/t17-,19+/m0/s1. The number of carbonyl (C=O) groups is 1. The molecule has 0 unspecified atom stereocenters. The zero-order valence-electron chi connectivity index (χ0n) is 14.0. The second-order valence-electron chi connectivity index (χ2n) is 6.59. The largest absolute Gasteiger partial charge is 0.445 e. The molecule has 2 aliphatic heterocycles. The normalized spacial score (nSPS) is 22.5. The van der Waals surface area contributed by atoms with Gasteiger partial charge in [-0.25, -0.2) is 9.18 Å². The van der Waals surface area contributed by atoms with Gasteiger partial charge in [0.2, 0.25) is 0 Å². The van der Waals surface area contributed by atoms with Crippen LogP contribution < -0.4 is 5.32 Å². The van der Waals surface area contributed by atoms with Gasteiger partial charge in [-0.15, -0.1) is 0 Å². The van der Waals surface area contributed by atoms with Gasteiger partial charge in [-0.2, -0.15) is 0 Å². The molecule has 1 saturated heterocycles. The third-order valence-corrected chi connectivity index (χ3v) is 4.99. The van der Waals surface area contributed by atoms with Crippen molar-refractivity contribution in [1.82, 2.24) is 10.2 Å². The molecule has 2 aliphatic rings. The van der Waals surface area contributed by atoms with Crippen molar-refractivity contribution in [3.05, 3.63) is 71.0 Å². The number of nitrogens with one attached hydrogen (secondary N) is 1. The van der Waals surface area contributed by atoms with E-state index in [-0.39, 0.29) is 24.1 Å². The molecule has 2 atom stereocenters. The van der Waals surface area contributed by atoms with Gasteiger partial charge < -0.3 is 10.1 Å². The molecule has 0 aromatic heterocycles. The van der Waals surface area contributed by atoms with E-state index in [0.717, 1.165) is 30.5 Å². The predicted molar refractivity (Wildman–Crippen MR) is 92.9 cm³/mol. The summed E-state index contributed by atoms with van der Waals surface area (Å²) in [6, 6.07) is 14.3. The first-order valence-corrected chi connectivity index (χ1v) is 8.73. The fourth-order valence-corrected chi connectivity index (χ4v) is 3.71. The highest BCUT2D eigenvalue weighted by molar-refractivity contribution is 5.70. The smallest absolute Gasteiger partial charge is 0.410 e. The van der Waals surface area contributed by atoms with Crippen LogP contribution in [0.2, 0.25) is 0 Å². The first-order chi connectivity index (χ1) is 12.2. The number of nitrogens with zero attached hydrogens (tertiary/aromatic N) is 1. The SMILES string of the molecule is O=C(O[C@H]1CCNC1)N1CCc2ccccc2[C@H]1c1ccc(F)cc1. The maximum Gasteiger partial charge on any atom is 0.410 e. The summed E-state index contributed by atoms with van der Waals surface area (Å²) in [7, 11) is 0. The summed E-state index contributed by atoms with van der Waals surface area (Å²) in [6.45, 7) is 2.18. The Morgan fingerprint density at radius 3 is 2.72 bits per heavy atom. The Kier molecular flexibility index (Phi) is 4.40. The number of hydrogen-bond acceptors (Lipinski definition) is 3. The minimum atomic E-state index is -0.294. The molecule has 2 aromatic carbocycles. The van der Waals surface area contributed by atoms with E-state index in [0.29, 0.717) is 13.1 Å². The van der Waals surface area contributed by atoms with Gasteiger partial charge in [0.05, 0.1) is 6.04 Å². The molecule has 2 aromatic rings. The van der Waals surface area contributed by atoms with Crippen LogP contribution in [0, 0.1) is 5.82 Å². The summed E-state index contributed by atoms with van der Waals surface area (Å²) < 4.78 is 19.1. The Balaban J connectivity index is 1.67. The van der Waals surface area contributed by atoms with E-state index in [1.54, 1.807) is 17.0 Å². The summed E-state index contributed by atoms with van der Waals surface area (Å²) in [5.74, 6) is -0.279. The van der Waals surface area contributed by atoms with Crippen molar-refractivity contribution in [2.45, 2.75) is 25.0 Å². The fraction of sp³-hybridized carbons (Fsp3) is 0.350. The first kappa shape index (κ1) is 16.1. The van der Waals surface area contributed by atoms with Crippen molar-refractivity contribution in [3.8, 4) is 0 Å². The van der Waals surface area contributed by atoms with Crippen LogP contribution in [0.25, 0.3) is 0 Å². The molecule has 4 rings (SSSR count). The van der Waals surface area contributed by atoms with Gasteiger partial charge in [-0.05, 0) is 48.2 Å². The Bertz CT molecular complexity index is 757. The van der Waals surface area contributed by atoms with Crippen LogP contribution in [0.1, 0.15) is 29.2 Å². The van der Waals surface area contributed by atoms with Crippen LogP contribution in [0.5, 0.6) is 0 Å². The Morgan fingerprint density at radius 2 is 1.96 bits per heavy atom. The van der Waals surface area contributed by atoms with Gasteiger partial charge in [0.15, 0.2) is 0 Å². The van der Waals surface area contributed by atoms with E-state index in [1.807, 2.05) is 18.2 Å². The molecule has 5 heteroatoms. The van der Waals surface area contributed by atoms with Crippen molar-refractivity contribution >= 4 is 6.09 Å². The number of amides is 1. The lowest BCUT2D eigenvalue weighted by molar-refractivity contribution is 0.0601.